The first kappa shape index (κ1) is 12.7. The molecule has 0 N–H and O–H groups in total. The quantitative estimate of drug-likeness (QED) is 0.755. The van der Waals surface area contributed by atoms with Crippen molar-refractivity contribution in [3.05, 3.63) is 29.6 Å². The molecular weight excluding hydrogens is 241 g/mol. The number of morpholine rings is 1. The van der Waals surface area contributed by atoms with E-state index in [1.54, 1.807) is 6.07 Å². The Kier molecular flexibility index (Phi) is 3.89. The topological polar surface area (TPSA) is 12.5 Å². The van der Waals surface area contributed by atoms with Gasteiger partial charge in [0, 0.05) is 19.0 Å². The lowest BCUT2D eigenvalue weighted by atomic mass is 10.1. The molecular formula is C13H17ClFNO. The van der Waals surface area contributed by atoms with Crippen LogP contribution in [-0.4, -0.2) is 25.3 Å². The minimum Gasteiger partial charge on any atom is -0.372 e. The third-order valence-electron chi connectivity index (χ3n) is 2.93. The fourth-order valence-corrected chi connectivity index (χ4v) is 2.43. The van der Waals surface area contributed by atoms with Gasteiger partial charge in [-0.3, -0.25) is 0 Å². The highest BCUT2D eigenvalue weighted by Crippen LogP contribution is 2.24. The summed E-state index contributed by atoms with van der Waals surface area (Å²) in [5.74, 6) is 0.136. The van der Waals surface area contributed by atoms with Gasteiger partial charge in [-0.2, -0.15) is 0 Å². The molecule has 0 amide bonds. The number of nitrogens with zero attached hydrogens (tertiary/aromatic N) is 1. The molecule has 1 fully saturated rings. The van der Waals surface area contributed by atoms with E-state index in [4.69, 9.17) is 16.3 Å². The summed E-state index contributed by atoms with van der Waals surface area (Å²) in [5, 5.41) is 0. The summed E-state index contributed by atoms with van der Waals surface area (Å²) in [7, 11) is 0. The monoisotopic (exact) mass is 257 g/mol. The van der Waals surface area contributed by atoms with Crippen LogP contribution in [0.5, 0.6) is 0 Å². The van der Waals surface area contributed by atoms with Crippen LogP contribution in [0.3, 0.4) is 0 Å². The van der Waals surface area contributed by atoms with Gasteiger partial charge in [0.2, 0.25) is 0 Å². The Hall–Kier alpha value is -0.800. The number of hydrogen-bond acceptors (Lipinski definition) is 2. The Bertz CT molecular complexity index is 389. The second-order valence-corrected chi connectivity index (χ2v) is 4.85. The lowest BCUT2D eigenvalue weighted by Gasteiger charge is -2.37. The van der Waals surface area contributed by atoms with E-state index in [9.17, 15) is 4.39 Å². The maximum absolute atomic E-state index is 13.9. The number of alkyl halides is 1. The smallest absolute Gasteiger partial charge is 0.146 e. The first-order chi connectivity index (χ1) is 8.10. The first-order valence-electron chi connectivity index (χ1n) is 5.85. The van der Waals surface area contributed by atoms with E-state index >= 15 is 0 Å². The van der Waals surface area contributed by atoms with Gasteiger partial charge in [-0.15, -0.1) is 11.6 Å². The molecule has 1 aliphatic rings. The van der Waals surface area contributed by atoms with E-state index in [1.807, 2.05) is 24.8 Å². The van der Waals surface area contributed by atoms with Crippen molar-refractivity contribution in [2.75, 3.05) is 18.0 Å². The largest absolute Gasteiger partial charge is 0.372 e. The van der Waals surface area contributed by atoms with Crippen LogP contribution in [0.25, 0.3) is 0 Å². The summed E-state index contributed by atoms with van der Waals surface area (Å²) in [4.78, 5) is 2.03. The lowest BCUT2D eigenvalue weighted by Crippen LogP contribution is -2.45. The van der Waals surface area contributed by atoms with Gasteiger partial charge < -0.3 is 9.64 Å². The van der Waals surface area contributed by atoms with Gasteiger partial charge in [-0.1, -0.05) is 6.07 Å². The summed E-state index contributed by atoms with van der Waals surface area (Å²) in [5.41, 5.74) is 1.45. The molecule has 0 spiro atoms. The molecule has 2 nitrogen and oxygen atoms in total. The van der Waals surface area contributed by atoms with Gasteiger partial charge in [-0.25, -0.2) is 4.39 Å². The molecule has 1 aliphatic heterocycles. The molecule has 1 aromatic rings. The highest BCUT2D eigenvalue weighted by Gasteiger charge is 2.24. The van der Waals surface area contributed by atoms with E-state index in [2.05, 4.69) is 0 Å². The van der Waals surface area contributed by atoms with Crippen molar-refractivity contribution in [1.29, 1.82) is 0 Å². The third-order valence-corrected chi connectivity index (χ3v) is 3.24. The molecule has 4 heteroatoms. The lowest BCUT2D eigenvalue weighted by molar-refractivity contribution is -0.00539. The second kappa shape index (κ2) is 5.23. The highest BCUT2D eigenvalue weighted by atomic mass is 35.5. The normalized spacial score (nSPS) is 25.1. The number of hydrogen-bond donors (Lipinski definition) is 0. The Morgan fingerprint density at radius 2 is 2.00 bits per heavy atom. The summed E-state index contributed by atoms with van der Waals surface area (Å²) < 4.78 is 19.6. The Morgan fingerprint density at radius 1 is 1.35 bits per heavy atom. The number of benzene rings is 1. The molecule has 17 heavy (non-hydrogen) atoms. The molecule has 1 saturated heterocycles. The van der Waals surface area contributed by atoms with Crippen molar-refractivity contribution < 1.29 is 9.13 Å². The first-order valence-corrected chi connectivity index (χ1v) is 6.38. The fraction of sp³-hybridized carbons (Fsp3) is 0.538. The highest BCUT2D eigenvalue weighted by molar-refractivity contribution is 6.17. The van der Waals surface area contributed by atoms with Gasteiger partial charge in [0.25, 0.3) is 0 Å². The SMILES string of the molecule is CC1CN(c2ccc(CCl)cc2F)CC(C)O1. The molecule has 2 rings (SSSR count). The summed E-state index contributed by atoms with van der Waals surface area (Å²) in [6.45, 7) is 5.46. The molecule has 1 heterocycles. The van der Waals surface area contributed by atoms with E-state index < -0.39 is 0 Å². The van der Waals surface area contributed by atoms with Gasteiger partial charge in [-0.05, 0) is 31.5 Å². The molecule has 94 valence electrons. The van der Waals surface area contributed by atoms with Crippen LogP contribution < -0.4 is 4.90 Å². The average molecular weight is 258 g/mol. The third kappa shape index (κ3) is 2.90. The van der Waals surface area contributed by atoms with E-state index in [0.29, 0.717) is 11.6 Å². The van der Waals surface area contributed by atoms with Gasteiger partial charge in [0.1, 0.15) is 5.82 Å². The van der Waals surface area contributed by atoms with Crippen molar-refractivity contribution in [1.82, 2.24) is 0 Å². The molecule has 0 bridgehead atoms. The van der Waals surface area contributed by atoms with Crippen LogP contribution in [0.4, 0.5) is 10.1 Å². The maximum Gasteiger partial charge on any atom is 0.146 e. The Labute approximate surface area is 106 Å². The second-order valence-electron chi connectivity index (χ2n) is 4.58. The van der Waals surface area contributed by atoms with E-state index in [-0.39, 0.29) is 18.0 Å². The van der Waals surface area contributed by atoms with Crippen LogP contribution in [0.15, 0.2) is 18.2 Å². The molecule has 0 saturated carbocycles. The van der Waals surface area contributed by atoms with Crippen molar-refractivity contribution in [3.63, 3.8) is 0 Å². The molecule has 2 unspecified atom stereocenters. The average Bonchev–Trinajstić information content (AvgIpc) is 2.27. The van der Waals surface area contributed by atoms with Gasteiger partial charge in [0.05, 0.1) is 17.9 Å². The van der Waals surface area contributed by atoms with E-state index in [0.717, 1.165) is 18.7 Å². The van der Waals surface area contributed by atoms with Crippen LogP contribution in [-0.2, 0) is 10.6 Å². The molecule has 0 radical (unpaired) electrons. The maximum atomic E-state index is 13.9. The van der Waals surface area contributed by atoms with Crippen molar-refractivity contribution in [2.45, 2.75) is 31.9 Å². The molecule has 1 aromatic carbocycles. The number of anilines is 1. The summed E-state index contributed by atoms with van der Waals surface area (Å²) in [6, 6.07) is 5.18. The Morgan fingerprint density at radius 3 is 2.53 bits per heavy atom. The zero-order chi connectivity index (χ0) is 12.4. The number of halogens is 2. The standard InChI is InChI=1S/C13H17ClFNO/c1-9-7-16(8-10(2)17-9)13-4-3-11(6-14)5-12(13)15/h3-5,9-10H,6-8H2,1-2H3. The predicted molar refractivity (Wildman–Crippen MR) is 68.2 cm³/mol. The van der Waals surface area contributed by atoms with Crippen molar-refractivity contribution in [3.8, 4) is 0 Å². The summed E-state index contributed by atoms with van der Waals surface area (Å²) in [6.07, 6.45) is 0.261. The molecule has 2 atom stereocenters. The van der Waals surface area contributed by atoms with Gasteiger partial charge >= 0.3 is 0 Å². The predicted octanol–water partition coefficient (Wildman–Crippen LogP) is 3.18. The van der Waals surface area contributed by atoms with Crippen molar-refractivity contribution >= 4 is 17.3 Å². The number of ether oxygens (including phenoxy) is 1. The summed E-state index contributed by atoms with van der Waals surface area (Å²) >= 11 is 5.68. The zero-order valence-corrected chi connectivity index (χ0v) is 10.9. The van der Waals surface area contributed by atoms with Crippen LogP contribution in [0.1, 0.15) is 19.4 Å². The minimum absolute atomic E-state index is 0.130. The Balaban J connectivity index is 2.21. The van der Waals surface area contributed by atoms with Crippen LogP contribution in [0, 0.1) is 5.82 Å². The molecule has 0 aliphatic carbocycles. The zero-order valence-electron chi connectivity index (χ0n) is 10.1. The van der Waals surface area contributed by atoms with Crippen LogP contribution >= 0.6 is 11.6 Å². The van der Waals surface area contributed by atoms with Crippen molar-refractivity contribution in [2.24, 2.45) is 0 Å². The van der Waals surface area contributed by atoms with E-state index in [1.165, 1.54) is 6.07 Å². The minimum atomic E-state index is -0.204. The number of rotatable bonds is 2. The fourth-order valence-electron chi connectivity index (χ4n) is 2.26. The van der Waals surface area contributed by atoms with Gasteiger partial charge in [0.15, 0.2) is 0 Å². The molecule has 0 aromatic heterocycles. The van der Waals surface area contributed by atoms with Crippen LogP contribution in [0.2, 0.25) is 0 Å².